The first kappa shape index (κ1) is 17.2. The number of aryl methyl sites for hydroxylation is 1. The zero-order valence-corrected chi connectivity index (χ0v) is 14.2. The van der Waals surface area contributed by atoms with Gasteiger partial charge in [0, 0.05) is 17.1 Å². The van der Waals surface area contributed by atoms with Gasteiger partial charge in [-0.15, -0.1) is 0 Å². The van der Waals surface area contributed by atoms with Crippen LogP contribution < -0.4 is 15.4 Å². The van der Waals surface area contributed by atoms with Gasteiger partial charge in [-0.25, -0.2) is 0 Å². The van der Waals surface area contributed by atoms with Gasteiger partial charge in [-0.3, -0.25) is 4.79 Å². The van der Waals surface area contributed by atoms with Crippen molar-refractivity contribution in [2.24, 2.45) is 0 Å². The van der Waals surface area contributed by atoms with Crippen LogP contribution in [0.3, 0.4) is 0 Å². The molecule has 0 heterocycles. The highest BCUT2D eigenvalue weighted by molar-refractivity contribution is 7.80. The van der Waals surface area contributed by atoms with E-state index in [1.165, 1.54) is 0 Å². The molecule has 0 aliphatic heterocycles. The van der Waals surface area contributed by atoms with Crippen LogP contribution in [0.4, 0.5) is 5.69 Å². The third kappa shape index (κ3) is 5.54. The molecule has 0 aliphatic rings. The standard InChI is InChI=1S/C17H17ClN2O2S/c1-22-14-9-7-13(8-10-14)19-17(23)20-16(21)11-6-12-4-2-3-5-15(12)18/h2-5,7-10H,6,11H2,1H3,(H2,19,20,21,23). The molecule has 2 aromatic rings. The van der Waals surface area contributed by atoms with Gasteiger partial charge in [-0.2, -0.15) is 0 Å². The van der Waals surface area contributed by atoms with E-state index in [0.29, 0.717) is 17.9 Å². The first-order valence-corrected chi connectivity index (χ1v) is 7.85. The summed E-state index contributed by atoms with van der Waals surface area (Å²) in [5.41, 5.74) is 1.72. The van der Waals surface area contributed by atoms with E-state index in [4.69, 9.17) is 28.6 Å². The van der Waals surface area contributed by atoms with Crippen LogP contribution in [0.2, 0.25) is 5.02 Å². The van der Waals surface area contributed by atoms with Gasteiger partial charge in [0.05, 0.1) is 7.11 Å². The molecular formula is C17H17ClN2O2S. The van der Waals surface area contributed by atoms with Gasteiger partial charge < -0.3 is 15.4 Å². The molecule has 0 fully saturated rings. The number of nitrogens with one attached hydrogen (secondary N) is 2. The predicted molar refractivity (Wildman–Crippen MR) is 97.1 cm³/mol. The molecule has 0 saturated heterocycles. The summed E-state index contributed by atoms with van der Waals surface area (Å²) in [4.78, 5) is 11.9. The van der Waals surface area contributed by atoms with Crippen LogP contribution in [0, 0.1) is 0 Å². The number of methoxy groups -OCH3 is 1. The van der Waals surface area contributed by atoms with Crippen molar-refractivity contribution in [1.82, 2.24) is 5.32 Å². The van der Waals surface area contributed by atoms with Crippen LogP contribution in [-0.4, -0.2) is 18.1 Å². The van der Waals surface area contributed by atoms with Crippen molar-refractivity contribution < 1.29 is 9.53 Å². The summed E-state index contributed by atoms with van der Waals surface area (Å²) in [5, 5.41) is 6.53. The number of hydrogen-bond donors (Lipinski definition) is 2. The molecule has 0 unspecified atom stereocenters. The van der Waals surface area contributed by atoms with Gasteiger partial charge in [0.1, 0.15) is 5.75 Å². The molecule has 0 aromatic heterocycles. The predicted octanol–water partition coefficient (Wildman–Crippen LogP) is 3.79. The van der Waals surface area contributed by atoms with Crippen LogP contribution in [0.1, 0.15) is 12.0 Å². The first-order chi connectivity index (χ1) is 11.1. The molecule has 2 aromatic carbocycles. The molecule has 0 radical (unpaired) electrons. The normalized spacial score (nSPS) is 10.0. The van der Waals surface area contributed by atoms with Gasteiger partial charge in [-0.05, 0) is 54.5 Å². The van der Waals surface area contributed by atoms with E-state index in [-0.39, 0.29) is 11.0 Å². The molecule has 0 saturated carbocycles. The second kappa shape index (κ2) is 8.50. The number of rotatable bonds is 5. The fourth-order valence-corrected chi connectivity index (χ4v) is 2.44. The van der Waals surface area contributed by atoms with E-state index in [9.17, 15) is 4.79 Å². The number of carbonyl (C=O) groups excluding carboxylic acids is 1. The highest BCUT2D eigenvalue weighted by Gasteiger charge is 2.07. The quantitative estimate of drug-likeness (QED) is 0.807. The third-order valence-corrected chi connectivity index (χ3v) is 3.75. The van der Waals surface area contributed by atoms with E-state index in [0.717, 1.165) is 17.0 Å². The Hall–Kier alpha value is -2.11. The Kier molecular flexibility index (Phi) is 6.38. The second-order valence-electron chi connectivity index (χ2n) is 4.82. The summed E-state index contributed by atoms with van der Waals surface area (Å²) < 4.78 is 5.08. The fourth-order valence-electron chi connectivity index (χ4n) is 1.98. The minimum atomic E-state index is -0.157. The number of amides is 1. The lowest BCUT2D eigenvalue weighted by Gasteiger charge is -2.10. The number of benzene rings is 2. The van der Waals surface area contributed by atoms with Crippen molar-refractivity contribution in [3.8, 4) is 5.75 Å². The van der Waals surface area contributed by atoms with Crippen molar-refractivity contribution in [2.45, 2.75) is 12.8 Å². The Bertz CT molecular complexity index is 689. The second-order valence-corrected chi connectivity index (χ2v) is 5.64. The summed E-state index contributed by atoms with van der Waals surface area (Å²) in [6.45, 7) is 0. The minimum absolute atomic E-state index is 0.157. The van der Waals surface area contributed by atoms with Crippen molar-refractivity contribution >= 4 is 40.5 Å². The summed E-state index contributed by atoms with van der Waals surface area (Å²) >= 11 is 11.2. The largest absolute Gasteiger partial charge is 0.497 e. The van der Waals surface area contributed by atoms with Crippen molar-refractivity contribution in [1.29, 1.82) is 0 Å². The molecule has 6 heteroatoms. The number of hydrogen-bond acceptors (Lipinski definition) is 3. The number of carbonyl (C=O) groups is 1. The fraction of sp³-hybridized carbons (Fsp3) is 0.176. The maximum Gasteiger partial charge on any atom is 0.226 e. The molecule has 2 rings (SSSR count). The molecule has 0 atom stereocenters. The Labute approximate surface area is 145 Å². The van der Waals surface area contributed by atoms with Crippen LogP contribution in [0.5, 0.6) is 5.75 Å². The Morgan fingerprint density at radius 1 is 1.17 bits per heavy atom. The van der Waals surface area contributed by atoms with Gasteiger partial charge in [-0.1, -0.05) is 29.8 Å². The van der Waals surface area contributed by atoms with E-state index in [1.807, 2.05) is 48.5 Å². The Morgan fingerprint density at radius 2 is 1.87 bits per heavy atom. The van der Waals surface area contributed by atoms with Crippen LogP contribution in [-0.2, 0) is 11.2 Å². The van der Waals surface area contributed by atoms with Crippen molar-refractivity contribution in [3.63, 3.8) is 0 Å². The van der Waals surface area contributed by atoms with Crippen LogP contribution >= 0.6 is 23.8 Å². The Balaban J connectivity index is 1.80. The van der Waals surface area contributed by atoms with Crippen molar-refractivity contribution in [2.75, 3.05) is 12.4 Å². The first-order valence-electron chi connectivity index (χ1n) is 7.07. The zero-order chi connectivity index (χ0) is 16.7. The molecule has 1 amide bonds. The van der Waals surface area contributed by atoms with Crippen LogP contribution in [0.15, 0.2) is 48.5 Å². The Morgan fingerprint density at radius 3 is 2.52 bits per heavy atom. The van der Waals surface area contributed by atoms with Gasteiger partial charge in [0.2, 0.25) is 5.91 Å². The number of thiocarbonyl (C=S) groups is 1. The molecular weight excluding hydrogens is 332 g/mol. The lowest BCUT2D eigenvalue weighted by atomic mass is 10.1. The van der Waals surface area contributed by atoms with E-state index in [2.05, 4.69) is 10.6 Å². The number of ether oxygens (including phenoxy) is 1. The summed E-state index contributed by atoms with van der Waals surface area (Å²) in [7, 11) is 1.60. The maximum absolute atomic E-state index is 11.9. The summed E-state index contributed by atoms with van der Waals surface area (Å²) in [6, 6.07) is 14.7. The molecule has 4 nitrogen and oxygen atoms in total. The van der Waals surface area contributed by atoms with Gasteiger partial charge in [0.15, 0.2) is 5.11 Å². The lowest BCUT2D eigenvalue weighted by molar-refractivity contribution is -0.119. The maximum atomic E-state index is 11.9. The minimum Gasteiger partial charge on any atom is -0.497 e. The van der Waals surface area contributed by atoms with E-state index >= 15 is 0 Å². The van der Waals surface area contributed by atoms with E-state index in [1.54, 1.807) is 7.11 Å². The van der Waals surface area contributed by atoms with Crippen LogP contribution in [0.25, 0.3) is 0 Å². The molecule has 0 spiro atoms. The SMILES string of the molecule is COc1ccc(NC(=S)NC(=O)CCc2ccccc2Cl)cc1. The third-order valence-electron chi connectivity index (χ3n) is 3.18. The molecule has 0 bridgehead atoms. The molecule has 120 valence electrons. The number of anilines is 1. The zero-order valence-electron chi connectivity index (χ0n) is 12.6. The van der Waals surface area contributed by atoms with Gasteiger partial charge in [0.25, 0.3) is 0 Å². The highest BCUT2D eigenvalue weighted by atomic mass is 35.5. The molecule has 2 N–H and O–H groups in total. The van der Waals surface area contributed by atoms with Gasteiger partial charge >= 0.3 is 0 Å². The average Bonchev–Trinajstić information content (AvgIpc) is 2.54. The average molecular weight is 349 g/mol. The smallest absolute Gasteiger partial charge is 0.226 e. The topological polar surface area (TPSA) is 50.4 Å². The number of halogens is 1. The molecule has 0 aliphatic carbocycles. The lowest BCUT2D eigenvalue weighted by Crippen LogP contribution is -2.34. The summed E-state index contributed by atoms with van der Waals surface area (Å²) in [6.07, 6.45) is 0.880. The molecule has 23 heavy (non-hydrogen) atoms. The highest BCUT2D eigenvalue weighted by Crippen LogP contribution is 2.17. The summed E-state index contributed by atoms with van der Waals surface area (Å²) in [5.74, 6) is 0.598. The van der Waals surface area contributed by atoms with E-state index < -0.39 is 0 Å². The monoisotopic (exact) mass is 348 g/mol. The van der Waals surface area contributed by atoms with Crippen molar-refractivity contribution in [3.05, 3.63) is 59.1 Å².